The minimum atomic E-state index is 0.101. The molecule has 0 aliphatic carbocycles. The van der Waals surface area contributed by atoms with Gasteiger partial charge in [0.05, 0.1) is 19.3 Å². The van der Waals surface area contributed by atoms with E-state index in [1.54, 1.807) is 11.3 Å². The summed E-state index contributed by atoms with van der Waals surface area (Å²) in [5.74, 6) is 0.101. The molecule has 5 heteroatoms. The van der Waals surface area contributed by atoms with E-state index in [-0.39, 0.29) is 11.9 Å². The van der Waals surface area contributed by atoms with Gasteiger partial charge in [-0.15, -0.1) is 11.3 Å². The molecule has 4 rings (SSSR count). The number of fused-ring (bicyclic) bond motifs is 1. The molecule has 0 saturated carbocycles. The van der Waals surface area contributed by atoms with Gasteiger partial charge >= 0.3 is 0 Å². The number of morpholine rings is 1. The van der Waals surface area contributed by atoms with Gasteiger partial charge in [-0.2, -0.15) is 0 Å². The van der Waals surface area contributed by atoms with E-state index < -0.39 is 0 Å². The van der Waals surface area contributed by atoms with Gasteiger partial charge in [0.1, 0.15) is 10.5 Å². The molecule has 1 fully saturated rings. The average Bonchev–Trinajstić information content (AvgIpc) is 3.23. The van der Waals surface area contributed by atoms with Crippen molar-refractivity contribution in [3.63, 3.8) is 0 Å². The van der Waals surface area contributed by atoms with E-state index in [9.17, 15) is 4.79 Å². The normalized spacial score (nSPS) is 16.5. The molecule has 0 spiro atoms. The van der Waals surface area contributed by atoms with Crippen LogP contribution in [0.2, 0.25) is 0 Å². The second-order valence-corrected chi connectivity index (χ2v) is 6.97. The van der Waals surface area contributed by atoms with Crippen LogP contribution in [0.25, 0.3) is 10.2 Å². The molecule has 124 valence electrons. The summed E-state index contributed by atoms with van der Waals surface area (Å²) < 4.78 is 7.57. The first kappa shape index (κ1) is 15.4. The smallest absolute Gasteiger partial charge is 0.270 e. The molecule has 1 aromatic carbocycles. The third-order valence-corrected chi connectivity index (χ3v) is 5.56. The zero-order valence-electron chi connectivity index (χ0n) is 13.6. The van der Waals surface area contributed by atoms with Crippen LogP contribution in [0.1, 0.15) is 29.0 Å². The van der Waals surface area contributed by atoms with Crippen molar-refractivity contribution in [1.29, 1.82) is 0 Å². The van der Waals surface area contributed by atoms with Gasteiger partial charge in [-0.25, -0.2) is 0 Å². The molecule has 3 heterocycles. The lowest BCUT2D eigenvalue weighted by Gasteiger charge is -2.28. The van der Waals surface area contributed by atoms with Crippen LogP contribution in [0.5, 0.6) is 0 Å². The number of carbonyl (C=O) groups excluding carboxylic acids is 1. The number of ether oxygens (including phenoxy) is 1. The van der Waals surface area contributed by atoms with Gasteiger partial charge in [-0.05, 0) is 30.0 Å². The van der Waals surface area contributed by atoms with E-state index in [0.717, 1.165) is 15.9 Å². The number of thiophene rings is 1. The molecule has 24 heavy (non-hydrogen) atoms. The molecule has 3 aromatic rings. The Morgan fingerprint density at radius 1 is 1.17 bits per heavy atom. The molecule has 1 saturated heterocycles. The summed E-state index contributed by atoms with van der Waals surface area (Å²) in [7, 11) is 0. The third-order valence-electron chi connectivity index (χ3n) is 4.63. The maximum atomic E-state index is 13.1. The maximum Gasteiger partial charge on any atom is 0.270 e. The van der Waals surface area contributed by atoms with E-state index in [4.69, 9.17) is 4.74 Å². The molecule has 0 N–H and O–H groups in total. The van der Waals surface area contributed by atoms with Gasteiger partial charge in [0.2, 0.25) is 0 Å². The highest BCUT2D eigenvalue weighted by Crippen LogP contribution is 2.32. The van der Waals surface area contributed by atoms with Crippen molar-refractivity contribution in [1.82, 2.24) is 9.47 Å². The Morgan fingerprint density at radius 2 is 1.92 bits per heavy atom. The summed E-state index contributed by atoms with van der Waals surface area (Å²) in [5, 5.41) is 3.22. The van der Waals surface area contributed by atoms with Gasteiger partial charge in [0, 0.05) is 18.5 Å². The van der Waals surface area contributed by atoms with Crippen molar-refractivity contribution < 1.29 is 9.53 Å². The van der Waals surface area contributed by atoms with Crippen LogP contribution < -0.4 is 0 Å². The number of carbonyl (C=O) groups is 1. The highest BCUT2D eigenvalue weighted by atomic mass is 32.1. The van der Waals surface area contributed by atoms with Gasteiger partial charge in [-0.1, -0.05) is 30.3 Å². The number of rotatable bonds is 3. The minimum Gasteiger partial charge on any atom is -0.378 e. The number of amides is 1. The first-order valence-corrected chi connectivity index (χ1v) is 9.14. The number of aromatic nitrogens is 1. The Hall–Kier alpha value is -2.11. The molecule has 1 atom stereocenters. The van der Waals surface area contributed by atoms with E-state index in [1.807, 2.05) is 29.2 Å². The van der Waals surface area contributed by atoms with Crippen LogP contribution >= 0.6 is 11.3 Å². The van der Waals surface area contributed by atoms with E-state index in [2.05, 4.69) is 35.1 Å². The Morgan fingerprint density at radius 3 is 2.67 bits per heavy atom. The first-order valence-electron chi connectivity index (χ1n) is 8.26. The van der Waals surface area contributed by atoms with E-state index in [1.165, 1.54) is 5.56 Å². The highest BCUT2D eigenvalue weighted by Gasteiger charge is 2.26. The lowest BCUT2D eigenvalue weighted by atomic mass is 10.1. The van der Waals surface area contributed by atoms with Crippen molar-refractivity contribution >= 4 is 27.5 Å². The van der Waals surface area contributed by atoms with E-state index in [0.29, 0.717) is 26.3 Å². The van der Waals surface area contributed by atoms with Crippen LogP contribution in [0.4, 0.5) is 0 Å². The lowest BCUT2D eigenvalue weighted by Crippen LogP contribution is -2.41. The van der Waals surface area contributed by atoms with E-state index >= 15 is 0 Å². The predicted molar refractivity (Wildman–Crippen MR) is 96.8 cm³/mol. The van der Waals surface area contributed by atoms with Crippen molar-refractivity contribution in [2.75, 3.05) is 26.3 Å². The maximum absolute atomic E-state index is 13.1. The fourth-order valence-electron chi connectivity index (χ4n) is 3.30. The first-order chi connectivity index (χ1) is 11.8. The standard InChI is InChI=1S/C19H20N2O2S/c1-14(15-5-3-2-4-6-15)21-17(13-16-7-12-24-19(16)21)18(22)20-8-10-23-11-9-20/h2-7,12-14H,8-11H2,1H3/t14-/m0/s1. The zero-order valence-corrected chi connectivity index (χ0v) is 14.5. The number of hydrogen-bond acceptors (Lipinski definition) is 3. The van der Waals surface area contributed by atoms with Crippen molar-refractivity contribution in [2.24, 2.45) is 0 Å². The minimum absolute atomic E-state index is 0.101. The Labute approximate surface area is 145 Å². The monoisotopic (exact) mass is 340 g/mol. The molecule has 4 nitrogen and oxygen atoms in total. The molecule has 0 bridgehead atoms. The topological polar surface area (TPSA) is 34.5 Å². The Balaban J connectivity index is 1.78. The van der Waals surface area contributed by atoms with Crippen LogP contribution in [-0.4, -0.2) is 41.7 Å². The second kappa shape index (κ2) is 6.42. The number of hydrogen-bond donors (Lipinski definition) is 0. The molecule has 1 amide bonds. The summed E-state index contributed by atoms with van der Waals surface area (Å²) >= 11 is 1.69. The Kier molecular flexibility index (Phi) is 4.12. The number of nitrogens with zero attached hydrogens (tertiary/aromatic N) is 2. The SMILES string of the molecule is C[C@@H](c1ccccc1)n1c(C(=O)N2CCOCC2)cc2ccsc21. The van der Waals surface area contributed by atoms with Crippen LogP contribution in [0, 0.1) is 0 Å². The summed E-state index contributed by atoms with van der Waals surface area (Å²) in [5.41, 5.74) is 1.98. The van der Waals surface area contributed by atoms with Gasteiger partial charge in [0.25, 0.3) is 5.91 Å². The lowest BCUT2D eigenvalue weighted by molar-refractivity contribution is 0.0295. The summed E-state index contributed by atoms with van der Waals surface area (Å²) in [6.45, 7) is 4.73. The highest BCUT2D eigenvalue weighted by molar-refractivity contribution is 7.16. The Bertz CT molecular complexity index is 847. The fourth-order valence-corrected chi connectivity index (χ4v) is 4.28. The van der Waals surface area contributed by atoms with Crippen molar-refractivity contribution in [2.45, 2.75) is 13.0 Å². The second-order valence-electron chi connectivity index (χ2n) is 6.07. The van der Waals surface area contributed by atoms with Gasteiger partial charge < -0.3 is 14.2 Å². The van der Waals surface area contributed by atoms with Crippen molar-refractivity contribution in [3.8, 4) is 0 Å². The summed E-state index contributed by atoms with van der Waals surface area (Å²) in [6, 6.07) is 14.6. The predicted octanol–water partition coefficient (Wildman–Crippen LogP) is 3.78. The molecule has 0 radical (unpaired) electrons. The fraction of sp³-hybridized carbons (Fsp3) is 0.316. The molecule has 0 unspecified atom stereocenters. The summed E-state index contributed by atoms with van der Waals surface area (Å²) in [6.07, 6.45) is 0. The quantitative estimate of drug-likeness (QED) is 0.727. The molecular weight excluding hydrogens is 320 g/mol. The van der Waals surface area contributed by atoms with Crippen LogP contribution in [0.15, 0.2) is 47.8 Å². The largest absolute Gasteiger partial charge is 0.378 e. The molecule has 2 aromatic heterocycles. The van der Waals surface area contributed by atoms with Crippen LogP contribution in [0.3, 0.4) is 0 Å². The van der Waals surface area contributed by atoms with Crippen molar-refractivity contribution in [3.05, 3.63) is 59.1 Å². The van der Waals surface area contributed by atoms with Crippen LogP contribution in [-0.2, 0) is 4.74 Å². The molecule has 1 aliphatic heterocycles. The summed E-state index contributed by atoms with van der Waals surface area (Å²) in [4.78, 5) is 16.1. The molecule has 1 aliphatic rings. The van der Waals surface area contributed by atoms with Gasteiger partial charge in [-0.3, -0.25) is 4.79 Å². The van der Waals surface area contributed by atoms with Gasteiger partial charge in [0.15, 0.2) is 0 Å². The zero-order chi connectivity index (χ0) is 16.5. The average molecular weight is 340 g/mol. The molecular formula is C19H20N2O2S. The third kappa shape index (κ3) is 2.64. The number of benzene rings is 1.